The van der Waals surface area contributed by atoms with Gasteiger partial charge < -0.3 is 4.90 Å². The van der Waals surface area contributed by atoms with Gasteiger partial charge in [-0.15, -0.1) is 0 Å². The molecule has 2 aromatic rings. The minimum atomic E-state index is -0.303. The lowest BCUT2D eigenvalue weighted by Gasteiger charge is -2.42. The Morgan fingerprint density at radius 2 is 1.88 bits per heavy atom. The Balaban J connectivity index is 2.05. The molecule has 0 N–H and O–H groups in total. The molecular formula is C23H23FN2. The van der Waals surface area contributed by atoms with Crippen molar-refractivity contribution in [2.45, 2.75) is 33.2 Å². The lowest BCUT2D eigenvalue weighted by molar-refractivity contribution is 0.566. The van der Waals surface area contributed by atoms with E-state index in [0.717, 1.165) is 17.7 Å². The fourth-order valence-corrected chi connectivity index (χ4v) is 3.74. The number of likely N-dealkylation sites (N-methyl/N-ethyl adjacent to an activating group) is 1. The third-order valence-corrected chi connectivity index (χ3v) is 4.90. The Labute approximate surface area is 154 Å². The zero-order valence-electron chi connectivity index (χ0n) is 15.7. The summed E-state index contributed by atoms with van der Waals surface area (Å²) in [5.74, 6) is -0.303. The van der Waals surface area contributed by atoms with E-state index in [-0.39, 0.29) is 11.4 Å². The maximum atomic E-state index is 13.1. The van der Waals surface area contributed by atoms with Crippen LogP contribution in [0.4, 0.5) is 10.1 Å². The Hall–Kier alpha value is -2.86. The minimum Gasteiger partial charge on any atom is -0.363 e. The summed E-state index contributed by atoms with van der Waals surface area (Å²) < 4.78 is 13.1. The Morgan fingerprint density at radius 1 is 1.19 bits per heavy atom. The fraction of sp³-hybridized carbons (Fsp3) is 0.261. The van der Waals surface area contributed by atoms with Crippen LogP contribution in [0, 0.1) is 17.1 Å². The zero-order valence-corrected chi connectivity index (χ0v) is 15.7. The highest BCUT2D eigenvalue weighted by Crippen LogP contribution is 2.39. The molecule has 0 saturated heterocycles. The lowest BCUT2D eigenvalue weighted by atomic mass is 9.88. The highest BCUT2D eigenvalue weighted by atomic mass is 19.1. The SMILES string of the molecule is CCN1c2ccc(/C=C(\C#N)c3ccc(F)cc3)cc2C(C)=CC1(C)C. The molecule has 26 heavy (non-hydrogen) atoms. The smallest absolute Gasteiger partial charge is 0.123 e. The van der Waals surface area contributed by atoms with Gasteiger partial charge in [-0.25, -0.2) is 4.39 Å². The molecule has 0 unspecified atom stereocenters. The molecule has 1 aliphatic rings. The molecule has 0 fully saturated rings. The van der Waals surface area contributed by atoms with Crippen molar-refractivity contribution in [3.8, 4) is 6.07 Å². The number of hydrogen-bond acceptors (Lipinski definition) is 2. The van der Waals surface area contributed by atoms with Crippen molar-refractivity contribution in [3.63, 3.8) is 0 Å². The van der Waals surface area contributed by atoms with Crippen molar-refractivity contribution in [3.05, 3.63) is 71.0 Å². The van der Waals surface area contributed by atoms with Gasteiger partial charge in [0.15, 0.2) is 0 Å². The number of nitriles is 1. The first-order valence-corrected chi connectivity index (χ1v) is 8.85. The Morgan fingerprint density at radius 3 is 2.50 bits per heavy atom. The van der Waals surface area contributed by atoms with Gasteiger partial charge in [0, 0.05) is 17.8 Å². The van der Waals surface area contributed by atoms with Crippen LogP contribution in [-0.2, 0) is 0 Å². The van der Waals surface area contributed by atoms with Gasteiger partial charge in [0.2, 0.25) is 0 Å². The number of rotatable bonds is 3. The number of fused-ring (bicyclic) bond motifs is 1. The van der Waals surface area contributed by atoms with E-state index >= 15 is 0 Å². The second-order valence-electron chi connectivity index (χ2n) is 7.18. The van der Waals surface area contributed by atoms with Crippen LogP contribution < -0.4 is 4.90 Å². The molecule has 0 atom stereocenters. The number of benzene rings is 2. The molecule has 0 radical (unpaired) electrons. The van der Waals surface area contributed by atoms with E-state index in [1.165, 1.54) is 29.0 Å². The van der Waals surface area contributed by atoms with Crippen molar-refractivity contribution in [2.75, 3.05) is 11.4 Å². The maximum absolute atomic E-state index is 13.1. The molecule has 1 heterocycles. The van der Waals surface area contributed by atoms with Crippen molar-refractivity contribution < 1.29 is 4.39 Å². The monoisotopic (exact) mass is 346 g/mol. The average molecular weight is 346 g/mol. The Bertz CT molecular complexity index is 928. The zero-order chi connectivity index (χ0) is 18.9. The topological polar surface area (TPSA) is 27.0 Å². The van der Waals surface area contributed by atoms with Crippen molar-refractivity contribution in [2.24, 2.45) is 0 Å². The number of nitrogens with zero attached hydrogens (tertiary/aromatic N) is 2. The first-order chi connectivity index (χ1) is 12.4. The van der Waals surface area contributed by atoms with Gasteiger partial charge in [-0.3, -0.25) is 0 Å². The van der Waals surface area contributed by atoms with Crippen LogP contribution in [0.5, 0.6) is 0 Å². The fourth-order valence-electron chi connectivity index (χ4n) is 3.74. The maximum Gasteiger partial charge on any atom is 0.123 e. The Kier molecular flexibility index (Phi) is 4.70. The number of hydrogen-bond donors (Lipinski definition) is 0. The number of anilines is 1. The van der Waals surface area contributed by atoms with Crippen LogP contribution in [0.25, 0.3) is 17.2 Å². The molecule has 3 heteroatoms. The molecule has 2 aromatic carbocycles. The second-order valence-corrected chi connectivity index (χ2v) is 7.18. The van der Waals surface area contributed by atoms with Crippen LogP contribution in [0.3, 0.4) is 0 Å². The molecule has 1 aliphatic heterocycles. The van der Waals surface area contributed by atoms with Gasteiger partial charge in [-0.2, -0.15) is 5.26 Å². The third kappa shape index (κ3) is 3.28. The van der Waals surface area contributed by atoms with Crippen LogP contribution >= 0.6 is 0 Å². The van der Waals surface area contributed by atoms with Crippen LogP contribution in [-0.4, -0.2) is 12.1 Å². The largest absolute Gasteiger partial charge is 0.363 e. The summed E-state index contributed by atoms with van der Waals surface area (Å²) in [6, 6.07) is 14.5. The van der Waals surface area contributed by atoms with Crippen LogP contribution in [0.2, 0.25) is 0 Å². The average Bonchev–Trinajstić information content (AvgIpc) is 2.60. The highest BCUT2D eigenvalue weighted by molar-refractivity contribution is 5.91. The first-order valence-electron chi connectivity index (χ1n) is 8.85. The molecule has 3 rings (SSSR count). The van der Waals surface area contributed by atoms with Gasteiger partial charge in [0.25, 0.3) is 0 Å². The predicted octanol–water partition coefficient (Wildman–Crippen LogP) is 5.91. The predicted molar refractivity (Wildman–Crippen MR) is 107 cm³/mol. The molecule has 132 valence electrons. The van der Waals surface area contributed by atoms with E-state index in [2.05, 4.69) is 56.9 Å². The molecule has 0 saturated carbocycles. The van der Waals surface area contributed by atoms with Gasteiger partial charge in [-0.05, 0) is 74.7 Å². The third-order valence-electron chi connectivity index (χ3n) is 4.90. The highest BCUT2D eigenvalue weighted by Gasteiger charge is 2.29. The lowest BCUT2D eigenvalue weighted by Crippen LogP contribution is -2.44. The van der Waals surface area contributed by atoms with Crippen molar-refractivity contribution in [1.29, 1.82) is 5.26 Å². The summed E-state index contributed by atoms with van der Waals surface area (Å²) in [6.07, 6.45) is 4.15. The van der Waals surface area contributed by atoms with Gasteiger partial charge in [-0.1, -0.05) is 24.3 Å². The molecule has 0 bridgehead atoms. The van der Waals surface area contributed by atoms with E-state index in [1.54, 1.807) is 12.1 Å². The van der Waals surface area contributed by atoms with E-state index < -0.39 is 0 Å². The van der Waals surface area contributed by atoms with Gasteiger partial charge in [0.05, 0.1) is 17.2 Å². The summed E-state index contributed by atoms with van der Waals surface area (Å²) in [4.78, 5) is 2.38. The molecule has 0 aromatic heterocycles. The summed E-state index contributed by atoms with van der Waals surface area (Å²) >= 11 is 0. The number of allylic oxidation sites excluding steroid dienone is 2. The summed E-state index contributed by atoms with van der Waals surface area (Å²) in [6.45, 7) is 9.67. The quantitative estimate of drug-likeness (QED) is 0.510. The standard InChI is InChI=1S/C23H23FN2/c1-5-26-22-11-6-17(13-21(22)16(2)14-23(26,3)4)12-19(15-25)18-7-9-20(24)10-8-18/h6-14H,5H2,1-4H3/b19-12+. The van der Waals surface area contributed by atoms with E-state index in [1.807, 2.05) is 12.1 Å². The molecule has 0 amide bonds. The molecule has 2 nitrogen and oxygen atoms in total. The first kappa shape index (κ1) is 17.9. The van der Waals surface area contributed by atoms with E-state index in [9.17, 15) is 9.65 Å². The molecule has 0 aliphatic carbocycles. The number of halogens is 1. The summed E-state index contributed by atoms with van der Waals surface area (Å²) in [5, 5.41) is 9.52. The molecular weight excluding hydrogens is 323 g/mol. The van der Waals surface area contributed by atoms with Crippen LogP contribution in [0.15, 0.2) is 48.5 Å². The normalized spacial score (nSPS) is 15.9. The van der Waals surface area contributed by atoms with Gasteiger partial charge in [0.1, 0.15) is 5.82 Å². The molecule has 0 spiro atoms. The van der Waals surface area contributed by atoms with E-state index in [4.69, 9.17) is 0 Å². The van der Waals surface area contributed by atoms with Gasteiger partial charge >= 0.3 is 0 Å². The minimum absolute atomic E-state index is 0.0187. The van der Waals surface area contributed by atoms with Crippen molar-refractivity contribution in [1.82, 2.24) is 0 Å². The van der Waals surface area contributed by atoms with Crippen molar-refractivity contribution >= 4 is 22.9 Å². The second kappa shape index (κ2) is 6.80. The summed E-state index contributed by atoms with van der Waals surface area (Å²) in [5.41, 5.74) is 5.84. The van der Waals surface area contributed by atoms with E-state index in [0.29, 0.717) is 5.57 Å². The van der Waals surface area contributed by atoms with Crippen LogP contribution in [0.1, 0.15) is 44.4 Å². The summed E-state index contributed by atoms with van der Waals surface area (Å²) in [7, 11) is 0.